The Bertz CT molecular complexity index is 3970. The van der Waals surface area contributed by atoms with E-state index in [2.05, 4.69) is 57.5 Å². The fourth-order valence-electron chi connectivity index (χ4n) is 11.7. The van der Waals surface area contributed by atoms with Crippen LogP contribution in [-0.2, 0) is 62.4 Å². The third-order valence-corrected chi connectivity index (χ3v) is 17.7. The highest BCUT2D eigenvalue weighted by Gasteiger charge is 2.37. The summed E-state index contributed by atoms with van der Waals surface area (Å²) in [5.74, 6) is -9.48. The summed E-state index contributed by atoms with van der Waals surface area (Å²) in [4.78, 5) is 143. The number of carbonyl (C=O) groups excluding carboxylic acids is 8. The van der Waals surface area contributed by atoms with Crippen LogP contribution in [0.5, 0.6) is 0 Å². The summed E-state index contributed by atoms with van der Waals surface area (Å²) in [5, 5.41) is 37.8. The number of nitrogens with two attached hydrogens (primary N) is 8. The van der Waals surface area contributed by atoms with E-state index in [9.17, 15) is 38.7 Å². The summed E-state index contributed by atoms with van der Waals surface area (Å²) in [6, 6.07) is 27.2. The summed E-state index contributed by atoms with van der Waals surface area (Å²) >= 11 is 0. The molecule has 0 aliphatic heterocycles. The van der Waals surface area contributed by atoms with Crippen LogP contribution < -0.4 is 88.4 Å². The number of guanidine groups is 3. The van der Waals surface area contributed by atoms with Crippen molar-refractivity contribution in [2.45, 2.75) is 166 Å². The van der Waals surface area contributed by atoms with E-state index in [1.807, 2.05) is 115 Å². The Morgan fingerprint density at radius 3 is 1.02 bits per heavy atom. The quantitative estimate of drug-likeness (QED) is 0.0146. The lowest BCUT2D eigenvalue weighted by atomic mass is 9.97. The van der Waals surface area contributed by atoms with E-state index >= 15 is 9.59 Å². The Hall–Kier alpha value is -10.9. The molecule has 6 rings (SSSR count). The second-order valence-electron chi connectivity index (χ2n) is 26.2. The molecule has 0 radical (unpaired) electrons. The second-order valence-corrected chi connectivity index (χ2v) is 26.2. The zero-order valence-electron chi connectivity index (χ0n) is 59.1. The first-order valence-corrected chi connectivity index (χ1v) is 34.9. The molecule has 0 fully saturated rings. The smallest absolute Gasteiger partial charge is 0.326 e. The average Bonchev–Trinajstić information content (AvgIpc) is 0.840. The summed E-state index contributed by atoms with van der Waals surface area (Å²) in [7, 11) is 0. The molecule has 0 bridgehead atoms. The van der Waals surface area contributed by atoms with Gasteiger partial charge in [0.25, 0.3) is 0 Å². The van der Waals surface area contributed by atoms with Crippen molar-refractivity contribution in [2.75, 3.05) is 26.2 Å². The van der Waals surface area contributed by atoms with Crippen LogP contribution in [0.4, 0.5) is 0 Å². The highest BCUT2D eigenvalue weighted by Crippen LogP contribution is 2.22. The van der Waals surface area contributed by atoms with Gasteiger partial charge in [-0.2, -0.15) is 0 Å². The molecule has 0 saturated carbocycles. The molecule has 25 N–H and O–H groups in total. The fourth-order valence-corrected chi connectivity index (χ4v) is 11.7. The third-order valence-electron chi connectivity index (χ3n) is 17.7. The molecule has 10 atom stereocenters. The van der Waals surface area contributed by atoms with Gasteiger partial charge in [-0.1, -0.05) is 168 Å². The lowest BCUT2D eigenvalue weighted by Gasteiger charge is -2.29. The van der Waals surface area contributed by atoms with Gasteiger partial charge in [-0.3, -0.25) is 53.3 Å². The molecule has 8 amide bonds. The van der Waals surface area contributed by atoms with Gasteiger partial charge in [0.15, 0.2) is 17.9 Å². The number of carbonyl (C=O) groups is 9. The Morgan fingerprint density at radius 2 is 0.689 bits per heavy atom. The molecule has 0 saturated heterocycles. The van der Waals surface area contributed by atoms with Crippen molar-refractivity contribution in [1.82, 2.24) is 42.5 Å². The van der Waals surface area contributed by atoms with Crippen molar-refractivity contribution in [3.63, 3.8) is 0 Å². The van der Waals surface area contributed by atoms with Gasteiger partial charge < -0.3 is 93.5 Å². The minimum atomic E-state index is -1.48. The van der Waals surface area contributed by atoms with Crippen molar-refractivity contribution in [3.05, 3.63) is 144 Å². The first-order valence-electron chi connectivity index (χ1n) is 34.9. The van der Waals surface area contributed by atoms with E-state index < -0.39 is 119 Å². The number of aliphatic carboxylic acids is 1. The summed E-state index contributed by atoms with van der Waals surface area (Å²) < 4.78 is 0. The van der Waals surface area contributed by atoms with Crippen molar-refractivity contribution >= 4 is 103 Å². The van der Waals surface area contributed by atoms with Crippen molar-refractivity contribution < 1.29 is 48.3 Å². The molecule has 6 aromatic rings. The molecule has 0 heterocycles. The van der Waals surface area contributed by atoms with Gasteiger partial charge >= 0.3 is 5.97 Å². The molecule has 0 spiro atoms. The normalized spacial score (nSPS) is 14.1. The van der Waals surface area contributed by atoms with E-state index in [0.717, 1.165) is 32.3 Å². The number of fused-ring (bicyclic) bond motifs is 3. The monoisotopic (exact) mass is 1420 g/mol. The molecule has 6 aromatic carbocycles. The average molecular weight is 1420 g/mol. The molecule has 0 aliphatic rings. The zero-order chi connectivity index (χ0) is 75.1. The Morgan fingerprint density at radius 1 is 0.379 bits per heavy atom. The largest absolute Gasteiger partial charge is 0.480 e. The van der Waals surface area contributed by atoms with Crippen LogP contribution in [0.3, 0.4) is 0 Å². The number of amides is 8. The van der Waals surface area contributed by atoms with Crippen molar-refractivity contribution in [2.24, 2.45) is 72.7 Å². The summed E-state index contributed by atoms with van der Waals surface area (Å²) in [6.07, 6.45) is 1.71. The number of nitrogens with one attached hydrogen (secondary N) is 8. The zero-order valence-corrected chi connectivity index (χ0v) is 59.1. The standard InChI is InChI=1S/C74H103N19O10/c1-5-44(4)62(71(102)103)93-69(100)60(42-47-29-32-50-19-8-11-22-53(50)39-47)91-66(97)57(26-16-36-85-74(81)82)88-70(101)61(43(2)3)92-68(99)59(41-46-28-31-49-18-7-10-21-52(49)38-46)90-65(96)56(25-15-35-84-73(79)80)86-64(95)55(24-14-34-83-72(77)78)87-67(98)58(89-63(94)54(76)23-12-13-33-75)40-45-27-30-48-17-6-9-20-51(48)37-45/h6-11,17-22,27-32,37-39,43-44,54-62H,5,12-16,23-26,33-36,40-42,75-76H2,1-4H3,(H,86,95)(H,87,98)(H,88,101)(H,89,94)(H,90,96)(H,91,97)(H,92,99)(H,93,100)(H,102,103)(H4,77,78,83)(H4,79,80,84)(H4,81,82,85)/t44-,54-,55-,56-,57-,58-,59-,60-,61-,62-/m0/s1. The van der Waals surface area contributed by atoms with Gasteiger partial charge in [0.05, 0.1) is 6.04 Å². The van der Waals surface area contributed by atoms with Crippen LogP contribution in [0.15, 0.2) is 142 Å². The number of rotatable bonds is 42. The molecule has 29 heteroatoms. The Kier molecular flexibility index (Phi) is 32.3. The molecule has 554 valence electrons. The molecule has 0 aliphatic carbocycles. The highest BCUT2D eigenvalue weighted by atomic mass is 16.4. The molecular weight excluding hydrogens is 1310 g/mol. The van der Waals surface area contributed by atoms with Gasteiger partial charge in [0.1, 0.15) is 48.3 Å². The Labute approximate surface area is 600 Å². The number of hydrogen-bond donors (Lipinski definition) is 17. The van der Waals surface area contributed by atoms with Crippen molar-refractivity contribution in [1.29, 1.82) is 0 Å². The maximum Gasteiger partial charge on any atom is 0.326 e. The molecule has 0 aromatic heterocycles. The van der Waals surface area contributed by atoms with E-state index in [4.69, 9.17) is 45.9 Å². The van der Waals surface area contributed by atoms with E-state index in [-0.39, 0.29) is 102 Å². The van der Waals surface area contributed by atoms with Crippen LogP contribution in [0.25, 0.3) is 32.3 Å². The molecule has 0 unspecified atom stereocenters. The predicted molar refractivity (Wildman–Crippen MR) is 401 cm³/mol. The lowest BCUT2D eigenvalue weighted by Crippen LogP contribution is -2.61. The maximum absolute atomic E-state index is 15.2. The van der Waals surface area contributed by atoms with Crippen molar-refractivity contribution in [3.8, 4) is 0 Å². The fraction of sp³-hybridized carbons (Fsp3) is 0.432. The summed E-state index contributed by atoms with van der Waals surface area (Å²) in [6.45, 7) is 7.25. The molecule has 29 nitrogen and oxygen atoms in total. The maximum atomic E-state index is 15.2. The van der Waals surface area contributed by atoms with E-state index in [1.165, 1.54) is 0 Å². The number of carboxylic acids is 1. The topological polar surface area (TPSA) is 515 Å². The van der Waals surface area contributed by atoms with Crippen LogP contribution in [0.2, 0.25) is 0 Å². The minimum absolute atomic E-state index is 0.00634. The number of carboxylic acid groups (broad SMARTS) is 1. The highest BCUT2D eigenvalue weighted by molar-refractivity contribution is 5.99. The lowest BCUT2D eigenvalue weighted by molar-refractivity contribution is -0.144. The Balaban J connectivity index is 1.32. The van der Waals surface area contributed by atoms with Gasteiger partial charge in [0.2, 0.25) is 47.3 Å². The number of nitrogens with zero attached hydrogens (tertiary/aromatic N) is 3. The first kappa shape index (κ1) is 81.0. The third kappa shape index (κ3) is 26.5. The number of unbranched alkanes of at least 4 members (excludes halogenated alkanes) is 1. The van der Waals surface area contributed by atoms with Gasteiger partial charge in [-0.25, -0.2) is 4.79 Å². The van der Waals surface area contributed by atoms with Gasteiger partial charge in [-0.05, 0) is 119 Å². The summed E-state index contributed by atoms with van der Waals surface area (Å²) in [5.41, 5.74) is 48.0. The molecule has 103 heavy (non-hydrogen) atoms. The van der Waals surface area contributed by atoms with Crippen LogP contribution in [0.1, 0.15) is 109 Å². The number of aliphatic imine (C=N–C) groups is 3. The van der Waals surface area contributed by atoms with Gasteiger partial charge in [0, 0.05) is 38.9 Å². The predicted octanol–water partition coefficient (Wildman–Crippen LogP) is 1.46. The van der Waals surface area contributed by atoms with Crippen LogP contribution >= 0.6 is 0 Å². The van der Waals surface area contributed by atoms with Gasteiger partial charge in [-0.15, -0.1) is 0 Å². The number of hydrogen-bond acceptors (Lipinski definition) is 14. The van der Waals surface area contributed by atoms with Crippen LogP contribution in [-0.4, -0.2) is 157 Å². The number of benzene rings is 6. The minimum Gasteiger partial charge on any atom is -0.480 e. The molecular formula is C74H103N19O10. The van der Waals surface area contributed by atoms with E-state index in [1.54, 1.807) is 39.8 Å². The second kappa shape index (κ2) is 41.1. The van der Waals surface area contributed by atoms with E-state index in [0.29, 0.717) is 42.5 Å². The first-order chi connectivity index (χ1) is 49.2. The SMILES string of the molecule is CC[C@H](C)[C@H](NC(=O)[C@H](Cc1ccc2ccccc2c1)NC(=O)[C@H](CCCN=C(N)N)NC(=O)[C@@H](NC(=O)[C@H](Cc1ccc2ccccc2c1)NC(=O)[C@H](CCCN=C(N)N)NC(=O)[C@H](CCCN=C(N)N)NC(=O)[C@H](Cc1ccc2ccccc2c1)NC(=O)[C@@H](N)CCCCN)C(C)C)C(=O)O. The van der Waals surface area contributed by atoms with Crippen LogP contribution in [0, 0.1) is 11.8 Å².